The predicted molar refractivity (Wildman–Crippen MR) is 57.8 cm³/mol. The topological polar surface area (TPSA) is 96.0 Å². The second-order valence-corrected chi connectivity index (χ2v) is 3.34. The van der Waals surface area contributed by atoms with E-state index in [4.69, 9.17) is 13.3 Å². The van der Waals surface area contributed by atoms with Crippen molar-refractivity contribution < 1.29 is 77.2 Å². The van der Waals surface area contributed by atoms with Gasteiger partial charge in [0.15, 0.2) is 0 Å². The van der Waals surface area contributed by atoms with E-state index in [2.05, 4.69) is 4.98 Å². The molecule has 0 radical (unpaired) electrons. The fourth-order valence-corrected chi connectivity index (χ4v) is 1.39. The predicted octanol–water partition coefficient (Wildman–Crippen LogP) is -5.09. The minimum Gasteiger partial charge on any atom is -0.784 e. The summed E-state index contributed by atoms with van der Waals surface area (Å²) in [7, 11) is 0. The molecule has 0 amide bonds. The van der Waals surface area contributed by atoms with E-state index in [0.717, 1.165) is 22.8 Å². The number of aromatic nitrogens is 1. The molecule has 0 saturated carbocycles. The van der Waals surface area contributed by atoms with Gasteiger partial charge in [0, 0.05) is 23.5 Å². The Balaban J connectivity index is 0. The van der Waals surface area contributed by atoms with Crippen LogP contribution in [0.1, 0.15) is 5.56 Å². The molecule has 1 aromatic carbocycles. The standard InChI is InChI=1S/C10H9NO.2Na.H2O3S/c12-6-5-8-7-11-10-4-2-1-3-9(8)10;;;1-4(2)3/h1-4,6-7,11H,5H2;;;(H2,1,2,3)/q;2*+1;/p-2. The normalized spacial score (nSPS) is 8.83. The zero-order valence-corrected chi connectivity index (χ0v) is 15.0. The van der Waals surface area contributed by atoms with Crippen LogP contribution in [0.2, 0.25) is 0 Å². The maximum absolute atomic E-state index is 10.3. The first-order valence-corrected chi connectivity index (χ1v) is 5.40. The summed E-state index contributed by atoms with van der Waals surface area (Å²) in [5.74, 6) is 0. The van der Waals surface area contributed by atoms with Gasteiger partial charge >= 0.3 is 59.1 Å². The number of para-hydroxylation sites is 1. The first-order chi connectivity index (χ1) is 7.65. The van der Waals surface area contributed by atoms with Crippen molar-refractivity contribution in [3.05, 3.63) is 36.0 Å². The zero-order chi connectivity index (χ0) is 12.0. The maximum atomic E-state index is 10.3. The van der Waals surface area contributed by atoms with E-state index in [1.54, 1.807) is 0 Å². The Morgan fingerprint density at radius 1 is 1.22 bits per heavy atom. The average molecular weight is 285 g/mol. The van der Waals surface area contributed by atoms with Crippen LogP contribution in [0.25, 0.3) is 10.9 Å². The Kier molecular flexibility index (Phi) is 13.1. The van der Waals surface area contributed by atoms with Crippen LogP contribution in [-0.2, 0) is 22.6 Å². The molecule has 1 aromatic heterocycles. The van der Waals surface area contributed by atoms with Gasteiger partial charge in [-0.05, 0) is 11.6 Å². The summed E-state index contributed by atoms with van der Waals surface area (Å²) in [6.45, 7) is 0. The Labute approximate surface area is 151 Å². The van der Waals surface area contributed by atoms with Gasteiger partial charge in [-0.3, -0.25) is 4.21 Å². The van der Waals surface area contributed by atoms with E-state index in [1.807, 2.05) is 30.5 Å². The first kappa shape index (κ1) is 20.8. The molecular formula is C10H9NNa2O4S. The largest absolute Gasteiger partial charge is 1.00 e. The van der Waals surface area contributed by atoms with E-state index >= 15 is 0 Å². The molecule has 5 nitrogen and oxygen atoms in total. The van der Waals surface area contributed by atoms with Crippen LogP contribution in [0.15, 0.2) is 30.5 Å². The van der Waals surface area contributed by atoms with E-state index in [1.165, 1.54) is 0 Å². The number of fused-ring (bicyclic) bond motifs is 1. The number of carbonyl (C=O) groups is 1. The average Bonchev–Trinajstić information content (AvgIpc) is 2.62. The first-order valence-electron chi connectivity index (χ1n) is 4.40. The van der Waals surface area contributed by atoms with Crippen LogP contribution in [0, 0.1) is 0 Å². The maximum Gasteiger partial charge on any atom is 1.00 e. The Hall–Kier alpha value is 0.500. The molecule has 0 spiro atoms. The molecule has 0 saturated heterocycles. The molecule has 0 fully saturated rings. The van der Waals surface area contributed by atoms with E-state index in [0.29, 0.717) is 6.42 Å². The molecule has 2 aromatic rings. The number of aromatic amines is 1. The summed E-state index contributed by atoms with van der Waals surface area (Å²) in [6.07, 6.45) is 3.30. The van der Waals surface area contributed by atoms with Gasteiger partial charge in [0.05, 0.1) is 0 Å². The Bertz CT molecular complexity index is 499. The molecular weight excluding hydrogens is 276 g/mol. The molecule has 0 aliphatic rings. The molecule has 86 valence electrons. The Morgan fingerprint density at radius 2 is 1.78 bits per heavy atom. The van der Waals surface area contributed by atoms with Crippen LogP contribution in [0.3, 0.4) is 0 Å². The van der Waals surface area contributed by atoms with Crippen molar-refractivity contribution in [2.75, 3.05) is 0 Å². The van der Waals surface area contributed by atoms with Gasteiger partial charge in [-0.2, -0.15) is 0 Å². The number of carbonyl (C=O) groups excluding carboxylic acids is 1. The number of rotatable bonds is 2. The second kappa shape index (κ2) is 11.3. The number of nitrogens with one attached hydrogen (secondary N) is 1. The SMILES string of the molecule is O=CCc1c[nH]c2ccccc12.O=S([O-])[O-].[Na+].[Na+]. The summed E-state index contributed by atoms with van der Waals surface area (Å²) in [6, 6.07) is 7.97. The smallest absolute Gasteiger partial charge is 0.784 e. The molecule has 1 heterocycles. The van der Waals surface area contributed by atoms with Crippen molar-refractivity contribution >= 4 is 28.6 Å². The number of hydrogen-bond donors (Lipinski definition) is 1. The van der Waals surface area contributed by atoms with Crippen molar-refractivity contribution in [1.82, 2.24) is 4.98 Å². The number of benzene rings is 1. The van der Waals surface area contributed by atoms with Gasteiger partial charge in [0.25, 0.3) is 0 Å². The molecule has 18 heavy (non-hydrogen) atoms. The van der Waals surface area contributed by atoms with Crippen LogP contribution >= 0.6 is 0 Å². The molecule has 8 heteroatoms. The van der Waals surface area contributed by atoms with Gasteiger partial charge in [-0.15, -0.1) is 11.4 Å². The quantitative estimate of drug-likeness (QED) is 0.339. The van der Waals surface area contributed by atoms with Crippen LogP contribution < -0.4 is 59.1 Å². The van der Waals surface area contributed by atoms with Crippen molar-refractivity contribution in [1.29, 1.82) is 0 Å². The van der Waals surface area contributed by atoms with Gasteiger partial charge < -0.3 is 18.9 Å². The van der Waals surface area contributed by atoms with Gasteiger partial charge in [-0.25, -0.2) is 0 Å². The summed E-state index contributed by atoms with van der Waals surface area (Å²) < 4.78 is 25.3. The van der Waals surface area contributed by atoms with E-state index < -0.39 is 11.4 Å². The number of hydrogen-bond acceptors (Lipinski definition) is 4. The van der Waals surface area contributed by atoms with Gasteiger partial charge in [-0.1, -0.05) is 18.2 Å². The van der Waals surface area contributed by atoms with E-state index in [-0.39, 0.29) is 59.1 Å². The monoisotopic (exact) mass is 285 g/mol. The van der Waals surface area contributed by atoms with Gasteiger partial charge in [0.1, 0.15) is 6.29 Å². The fourth-order valence-electron chi connectivity index (χ4n) is 1.39. The number of aldehydes is 1. The second-order valence-electron chi connectivity index (χ2n) is 2.93. The third-order valence-corrected chi connectivity index (χ3v) is 1.98. The fraction of sp³-hybridized carbons (Fsp3) is 0.100. The minimum absolute atomic E-state index is 0. The molecule has 0 bridgehead atoms. The van der Waals surface area contributed by atoms with Crippen molar-refractivity contribution in [2.24, 2.45) is 0 Å². The molecule has 0 unspecified atom stereocenters. The summed E-state index contributed by atoms with van der Waals surface area (Å²) >= 11 is -3.11. The third-order valence-electron chi connectivity index (χ3n) is 1.98. The van der Waals surface area contributed by atoms with Crippen molar-refractivity contribution in [3.63, 3.8) is 0 Å². The molecule has 0 aliphatic carbocycles. The third kappa shape index (κ3) is 7.18. The van der Waals surface area contributed by atoms with Crippen LogP contribution in [0.5, 0.6) is 0 Å². The molecule has 0 atom stereocenters. The minimum atomic E-state index is -3.11. The van der Waals surface area contributed by atoms with Crippen LogP contribution in [0.4, 0.5) is 0 Å². The zero-order valence-electron chi connectivity index (χ0n) is 10.2. The summed E-state index contributed by atoms with van der Waals surface area (Å²) in [5.41, 5.74) is 2.16. The molecule has 0 aliphatic heterocycles. The number of H-pyrrole nitrogens is 1. The summed E-state index contributed by atoms with van der Waals surface area (Å²) in [4.78, 5) is 13.4. The van der Waals surface area contributed by atoms with Crippen molar-refractivity contribution in [3.8, 4) is 0 Å². The van der Waals surface area contributed by atoms with Crippen LogP contribution in [-0.4, -0.2) is 24.6 Å². The van der Waals surface area contributed by atoms with E-state index in [9.17, 15) is 4.79 Å². The molecule has 2 rings (SSSR count). The van der Waals surface area contributed by atoms with Gasteiger partial charge in [0.2, 0.25) is 0 Å². The van der Waals surface area contributed by atoms with Crippen molar-refractivity contribution in [2.45, 2.75) is 6.42 Å². The molecule has 1 N–H and O–H groups in total. The summed E-state index contributed by atoms with van der Waals surface area (Å²) in [5, 5.41) is 1.14. The Morgan fingerprint density at radius 3 is 2.33 bits per heavy atom.